The Labute approximate surface area is 172 Å². The molecule has 0 spiro atoms. The number of halogens is 3. The molecule has 0 atom stereocenters. The van der Waals surface area contributed by atoms with E-state index < -0.39 is 17.6 Å². The van der Waals surface area contributed by atoms with Gasteiger partial charge in [0.15, 0.2) is 0 Å². The number of nitrogens with one attached hydrogen (secondary N) is 2. The van der Waals surface area contributed by atoms with Crippen LogP contribution in [0.5, 0.6) is 0 Å². The van der Waals surface area contributed by atoms with Gasteiger partial charge in [0, 0.05) is 50.4 Å². The number of alkyl halides is 3. The van der Waals surface area contributed by atoms with Crippen LogP contribution in [0.15, 0.2) is 54.6 Å². The third-order valence-corrected chi connectivity index (χ3v) is 4.94. The Kier molecular flexibility index (Phi) is 6.94. The molecular weight excluding hydrogens is 397 g/mol. The first-order chi connectivity index (χ1) is 14.3. The number of amides is 2. The van der Waals surface area contributed by atoms with E-state index in [0.717, 1.165) is 50.4 Å². The molecule has 3 rings (SSSR count). The van der Waals surface area contributed by atoms with Crippen molar-refractivity contribution in [3.05, 3.63) is 65.7 Å². The predicted molar refractivity (Wildman–Crippen MR) is 107 cm³/mol. The second kappa shape index (κ2) is 9.62. The molecule has 2 amide bonds. The van der Waals surface area contributed by atoms with Crippen LogP contribution in [0.2, 0.25) is 0 Å². The Morgan fingerprint density at radius 1 is 0.867 bits per heavy atom. The Morgan fingerprint density at radius 2 is 1.50 bits per heavy atom. The van der Waals surface area contributed by atoms with Crippen molar-refractivity contribution in [2.24, 2.45) is 0 Å². The minimum atomic E-state index is -4.46. The summed E-state index contributed by atoms with van der Waals surface area (Å²) in [7, 11) is 0. The van der Waals surface area contributed by atoms with Gasteiger partial charge in [0.05, 0.1) is 5.56 Å². The summed E-state index contributed by atoms with van der Waals surface area (Å²) in [5, 5.41) is 0. The molecule has 30 heavy (non-hydrogen) atoms. The third-order valence-electron chi connectivity index (χ3n) is 4.94. The van der Waals surface area contributed by atoms with Crippen molar-refractivity contribution < 1.29 is 22.8 Å². The zero-order valence-corrected chi connectivity index (χ0v) is 16.3. The number of carbonyl (C=O) groups excluding carboxylic acids is 2. The number of hydrazine groups is 1. The van der Waals surface area contributed by atoms with E-state index in [1.807, 2.05) is 18.2 Å². The average molecular weight is 420 g/mol. The van der Waals surface area contributed by atoms with Crippen molar-refractivity contribution >= 4 is 17.5 Å². The van der Waals surface area contributed by atoms with Gasteiger partial charge in [0.1, 0.15) is 0 Å². The first-order valence-corrected chi connectivity index (χ1v) is 9.62. The molecule has 160 valence electrons. The van der Waals surface area contributed by atoms with Crippen molar-refractivity contribution in [2.75, 3.05) is 37.6 Å². The van der Waals surface area contributed by atoms with Crippen molar-refractivity contribution in [1.29, 1.82) is 0 Å². The number of hydrogen-bond acceptors (Lipinski definition) is 4. The normalized spacial score (nSPS) is 15.0. The largest absolute Gasteiger partial charge is 0.416 e. The Hall–Kier alpha value is -3.07. The standard InChI is InChI=1S/C21H23F3N4O2/c22-21(23,24)17-8-6-16(7-9-17)20(30)26-25-19(29)10-11-27-12-14-28(15-13-27)18-4-2-1-3-5-18/h1-9H,10-15H2,(H,25,29)(H,26,30). The van der Waals surface area contributed by atoms with E-state index in [1.165, 1.54) is 5.69 Å². The van der Waals surface area contributed by atoms with Crippen LogP contribution in [0.3, 0.4) is 0 Å². The maximum Gasteiger partial charge on any atom is 0.416 e. The van der Waals surface area contributed by atoms with Crippen LogP contribution in [0.4, 0.5) is 18.9 Å². The predicted octanol–water partition coefficient (Wildman–Crippen LogP) is 2.68. The van der Waals surface area contributed by atoms with Crippen LogP contribution in [-0.4, -0.2) is 49.4 Å². The van der Waals surface area contributed by atoms with E-state index in [0.29, 0.717) is 6.54 Å². The minimum Gasteiger partial charge on any atom is -0.369 e. The number of carbonyl (C=O) groups is 2. The number of para-hydroxylation sites is 1. The van der Waals surface area contributed by atoms with Crippen LogP contribution >= 0.6 is 0 Å². The maximum atomic E-state index is 12.6. The molecule has 2 aromatic carbocycles. The van der Waals surface area contributed by atoms with Crippen LogP contribution in [-0.2, 0) is 11.0 Å². The fourth-order valence-corrected chi connectivity index (χ4v) is 3.20. The summed E-state index contributed by atoms with van der Waals surface area (Å²) >= 11 is 0. The van der Waals surface area contributed by atoms with Crippen LogP contribution in [0.25, 0.3) is 0 Å². The van der Waals surface area contributed by atoms with Gasteiger partial charge >= 0.3 is 6.18 Å². The molecule has 0 bridgehead atoms. The molecule has 1 aliphatic rings. The molecule has 1 fully saturated rings. The van der Waals surface area contributed by atoms with Gasteiger partial charge in [-0.05, 0) is 36.4 Å². The van der Waals surface area contributed by atoms with Gasteiger partial charge in [-0.15, -0.1) is 0 Å². The number of piperazine rings is 1. The summed E-state index contributed by atoms with van der Waals surface area (Å²) in [5.41, 5.74) is 4.90. The lowest BCUT2D eigenvalue weighted by Crippen LogP contribution is -2.48. The van der Waals surface area contributed by atoms with E-state index in [2.05, 4.69) is 32.8 Å². The zero-order chi connectivity index (χ0) is 21.6. The number of nitrogens with zero attached hydrogens (tertiary/aromatic N) is 2. The smallest absolute Gasteiger partial charge is 0.369 e. The molecule has 2 aromatic rings. The molecule has 2 N–H and O–H groups in total. The number of anilines is 1. The molecule has 0 radical (unpaired) electrons. The Bertz CT molecular complexity index is 849. The highest BCUT2D eigenvalue weighted by atomic mass is 19.4. The quantitative estimate of drug-likeness (QED) is 0.731. The van der Waals surface area contributed by atoms with Gasteiger partial charge in [0.2, 0.25) is 5.91 Å². The minimum absolute atomic E-state index is 0.0281. The van der Waals surface area contributed by atoms with Crippen molar-refractivity contribution in [1.82, 2.24) is 15.8 Å². The van der Waals surface area contributed by atoms with Crippen LogP contribution in [0, 0.1) is 0 Å². The molecule has 0 saturated carbocycles. The molecule has 9 heteroatoms. The number of benzene rings is 2. The number of hydrogen-bond donors (Lipinski definition) is 2. The van der Waals surface area contributed by atoms with Crippen LogP contribution < -0.4 is 15.8 Å². The SMILES string of the molecule is O=C(CCN1CCN(c2ccccc2)CC1)NNC(=O)c1ccc(C(F)(F)F)cc1. The van der Waals surface area contributed by atoms with E-state index in [-0.39, 0.29) is 17.9 Å². The first kappa shape index (κ1) is 21.6. The maximum absolute atomic E-state index is 12.6. The van der Waals surface area contributed by atoms with E-state index in [9.17, 15) is 22.8 Å². The van der Waals surface area contributed by atoms with E-state index in [1.54, 1.807) is 0 Å². The Balaban J connectivity index is 1.36. The van der Waals surface area contributed by atoms with Crippen molar-refractivity contribution in [3.63, 3.8) is 0 Å². The topological polar surface area (TPSA) is 64.7 Å². The highest BCUT2D eigenvalue weighted by Gasteiger charge is 2.30. The molecule has 6 nitrogen and oxygen atoms in total. The molecule has 1 aliphatic heterocycles. The van der Waals surface area contributed by atoms with Gasteiger partial charge in [0.25, 0.3) is 5.91 Å². The monoisotopic (exact) mass is 420 g/mol. The number of rotatable bonds is 5. The van der Waals surface area contributed by atoms with Crippen molar-refractivity contribution in [3.8, 4) is 0 Å². The molecule has 1 heterocycles. The zero-order valence-electron chi connectivity index (χ0n) is 16.3. The lowest BCUT2D eigenvalue weighted by Gasteiger charge is -2.36. The Morgan fingerprint density at radius 3 is 2.10 bits per heavy atom. The van der Waals surface area contributed by atoms with Gasteiger partial charge in [-0.1, -0.05) is 18.2 Å². The summed E-state index contributed by atoms with van der Waals surface area (Å²) in [6.45, 7) is 3.97. The van der Waals surface area contributed by atoms with Gasteiger partial charge in [-0.25, -0.2) is 0 Å². The lowest BCUT2D eigenvalue weighted by atomic mass is 10.1. The molecule has 0 unspecified atom stereocenters. The fraction of sp³-hybridized carbons (Fsp3) is 0.333. The van der Waals surface area contributed by atoms with E-state index >= 15 is 0 Å². The van der Waals surface area contributed by atoms with Gasteiger partial charge < -0.3 is 4.90 Å². The third kappa shape index (κ3) is 5.96. The second-order valence-corrected chi connectivity index (χ2v) is 6.99. The summed E-state index contributed by atoms with van der Waals surface area (Å²) in [5.74, 6) is -1.03. The molecule has 0 aromatic heterocycles. The molecule has 0 aliphatic carbocycles. The summed E-state index contributed by atoms with van der Waals surface area (Å²) < 4.78 is 37.7. The summed E-state index contributed by atoms with van der Waals surface area (Å²) in [6.07, 6.45) is -4.26. The van der Waals surface area contributed by atoms with Crippen molar-refractivity contribution in [2.45, 2.75) is 12.6 Å². The molecule has 1 saturated heterocycles. The average Bonchev–Trinajstić information content (AvgIpc) is 2.76. The fourth-order valence-electron chi connectivity index (χ4n) is 3.20. The van der Waals surface area contributed by atoms with Gasteiger partial charge in [-0.2, -0.15) is 13.2 Å². The highest BCUT2D eigenvalue weighted by molar-refractivity contribution is 5.95. The lowest BCUT2D eigenvalue weighted by molar-refractivity contribution is -0.137. The highest BCUT2D eigenvalue weighted by Crippen LogP contribution is 2.29. The molecular formula is C21H23F3N4O2. The summed E-state index contributed by atoms with van der Waals surface area (Å²) in [6, 6.07) is 13.9. The second-order valence-electron chi connectivity index (χ2n) is 6.99. The van der Waals surface area contributed by atoms with Crippen LogP contribution in [0.1, 0.15) is 22.3 Å². The van der Waals surface area contributed by atoms with Gasteiger partial charge in [-0.3, -0.25) is 25.3 Å². The van der Waals surface area contributed by atoms with E-state index in [4.69, 9.17) is 0 Å². The summed E-state index contributed by atoms with van der Waals surface area (Å²) in [4.78, 5) is 28.4. The first-order valence-electron chi connectivity index (χ1n) is 9.62.